The standard InChI is InChI=1S/C17H15ClN4OS/c1-11(16(23)19-14-5-3-2-4-6-14)24-17-20-15(21-22-17)12-7-9-13(18)10-8-12/h2-11H,1H3,(H,19,23)(H,20,21,22). The molecule has 1 unspecified atom stereocenters. The van der Waals surface area contributed by atoms with Gasteiger partial charge in [-0.05, 0) is 43.3 Å². The van der Waals surface area contributed by atoms with E-state index >= 15 is 0 Å². The van der Waals surface area contributed by atoms with Crippen LogP contribution >= 0.6 is 23.4 Å². The van der Waals surface area contributed by atoms with E-state index in [-0.39, 0.29) is 11.2 Å². The van der Waals surface area contributed by atoms with E-state index in [0.29, 0.717) is 16.0 Å². The number of benzene rings is 2. The number of aromatic nitrogens is 3. The number of nitrogens with zero attached hydrogens (tertiary/aromatic N) is 2. The molecule has 0 aliphatic carbocycles. The number of carbonyl (C=O) groups is 1. The molecule has 0 radical (unpaired) electrons. The molecule has 0 fully saturated rings. The van der Waals surface area contributed by atoms with Gasteiger partial charge in [0, 0.05) is 16.3 Å². The Morgan fingerprint density at radius 3 is 2.58 bits per heavy atom. The number of anilines is 1. The molecule has 1 atom stereocenters. The Morgan fingerprint density at radius 2 is 1.88 bits per heavy atom. The van der Waals surface area contributed by atoms with Gasteiger partial charge >= 0.3 is 0 Å². The van der Waals surface area contributed by atoms with Crippen LogP contribution in [0.1, 0.15) is 6.92 Å². The van der Waals surface area contributed by atoms with E-state index in [1.165, 1.54) is 11.8 Å². The van der Waals surface area contributed by atoms with E-state index < -0.39 is 0 Å². The summed E-state index contributed by atoms with van der Waals surface area (Å²) in [5, 5.41) is 10.8. The first-order valence-electron chi connectivity index (χ1n) is 7.33. The molecule has 3 aromatic rings. The first kappa shape index (κ1) is 16.5. The van der Waals surface area contributed by atoms with Crippen LogP contribution in [0.2, 0.25) is 5.02 Å². The molecule has 24 heavy (non-hydrogen) atoms. The molecule has 1 heterocycles. The van der Waals surface area contributed by atoms with Crippen LogP contribution in [0.25, 0.3) is 11.4 Å². The topological polar surface area (TPSA) is 70.7 Å². The van der Waals surface area contributed by atoms with Crippen molar-refractivity contribution in [1.29, 1.82) is 0 Å². The molecule has 2 aromatic carbocycles. The van der Waals surface area contributed by atoms with Gasteiger partial charge in [-0.15, -0.1) is 5.10 Å². The Bertz CT molecular complexity index is 820. The smallest absolute Gasteiger partial charge is 0.237 e. The van der Waals surface area contributed by atoms with E-state index in [1.54, 1.807) is 12.1 Å². The van der Waals surface area contributed by atoms with Crippen molar-refractivity contribution in [3.8, 4) is 11.4 Å². The number of aromatic amines is 1. The van der Waals surface area contributed by atoms with Crippen molar-refractivity contribution < 1.29 is 4.79 Å². The lowest BCUT2D eigenvalue weighted by Crippen LogP contribution is -2.22. The van der Waals surface area contributed by atoms with Gasteiger partial charge in [-0.3, -0.25) is 9.89 Å². The van der Waals surface area contributed by atoms with Crippen LogP contribution < -0.4 is 5.32 Å². The number of thioether (sulfide) groups is 1. The van der Waals surface area contributed by atoms with Crippen molar-refractivity contribution in [2.24, 2.45) is 0 Å². The molecule has 0 spiro atoms. The summed E-state index contributed by atoms with van der Waals surface area (Å²) < 4.78 is 0. The molecule has 0 saturated heterocycles. The highest BCUT2D eigenvalue weighted by Gasteiger charge is 2.17. The Balaban J connectivity index is 1.63. The molecule has 0 aliphatic rings. The van der Waals surface area contributed by atoms with E-state index in [9.17, 15) is 4.79 Å². The molecule has 2 N–H and O–H groups in total. The van der Waals surface area contributed by atoms with Crippen LogP contribution in [0.15, 0.2) is 59.8 Å². The summed E-state index contributed by atoms with van der Waals surface area (Å²) in [5.41, 5.74) is 1.66. The normalized spacial score (nSPS) is 11.9. The molecule has 3 rings (SSSR count). The molecule has 122 valence electrons. The van der Waals surface area contributed by atoms with Crippen molar-refractivity contribution >= 4 is 35.0 Å². The molecule has 0 bridgehead atoms. The number of para-hydroxylation sites is 1. The van der Waals surface area contributed by atoms with Crippen LogP contribution in [-0.4, -0.2) is 26.3 Å². The third-order valence-corrected chi connectivity index (χ3v) is 4.49. The molecule has 1 amide bonds. The second-order valence-corrected chi connectivity index (χ2v) is 6.83. The molecular formula is C17H15ClN4OS. The minimum atomic E-state index is -0.320. The SMILES string of the molecule is CC(Sc1n[nH]c(-c2ccc(Cl)cc2)n1)C(=O)Nc1ccccc1. The van der Waals surface area contributed by atoms with Crippen molar-refractivity contribution in [3.63, 3.8) is 0 Å². The largest absolute Gasteiger partial charge is 0.325 e. The zero-order valence-corrected chi connectivity index (χ0v) is 14.4. The van der Waals surface area contributed by atoms with Gasteiger partial charge in [0.1, 0.15) is 0 Å². The highest BCUT2D eigenvalue weighted by atomic mass is 35.5. The maximum absolute atomic E-state index is 12.2. The number of amides is 1. The first-order valence-corrected chi connectivity index (χ1v) is 8.58. The quantitative estimate of drug-likeness (QED) is 0.669. The molecular weight excluding hydrogens is 344 g/mol. The number of carbonyl (C=O) groups excluding carboxylic acids is 1. The van der Waals surface area contributed by atoms with Crippen molar-refractivity contribution in [3.05, 3.63) is 59.6 Å². The average Bonchev–Trinajstić information content (AvgIpc) is 3.05. The second kappa shape index (κ2) is 7.51. The third-order valence-electron chi connectivity index (χ3n) is 3.28. The Morgan fingerprint density at radius 1 is 1.17 bits per heavy atom. The maximum Gasteiger partial charge on any atom is 0.237 e. The fourth-order valence-corrected chi connectivity index (χ4v) is 2.86. The minimum absolute atomic E-state index is 0.0935. The van der Waals surface area contributed by atoms with Crippen LogP contribution in [0.5, 0.6) is 0 Å². The van der Waals surface area contributed by atoms with Gasteiger partial charge in [0.2, 0.25) is 11.1 Å². The van der Waals surface area contributed by atoms with Gasteiger partial charge < -0.3 is 5.32 Å². The highest BCUT2D eigenvalue weighted by molar-refractivity contribution is 8.00. The maximum atomic E-state index is 12.2. The zero-order chi connectivity index (χ0) is 16.9. The van der Waals surface area contributed by atoms with Crippen molar-refractivity contribution in [1.82, 2.24) is 15.2 Å². The van der Waals surface area contributed by atoms with Crippen LogP contribution in [0.3, 0.4) is 0 Å². The van der Waals surface area contributed by atoms with Gasteiger partial charge in [-0.1, -0.05) is 41.6 Å². The molecule has 5 nitrogen and oxygen atoms in total. The number of halogens is 1. The summed E-state index contributed by atoms with van der Waals surface area (Å²) in [6, 6.07) is 16.7. The Hall–Kier alpha value is -2.31. The summed E-state index contributed by atoms with van der Waals surface area (Å²) in [7, 11) is 0. The van der Waals surface area contributed by atoms with Crippen LogP contribution in [0.4, 0.5) is 5.69 Å². The second-order valence-electron chi connectivity index (χ2n) is 5.09. The summed E-state index contributed by atoms with van der Waals surface area (Å²) in [4.78, 5) is 16.6. The predicted octanol–water partition coefficient (Wildman–Crippen LogP) is 4.24. The number of H-pyrrole nitrogens is 1. The average molecular weight is 359 g/mol. The lowest BCUT2D eigenvalue weighted by atomic mass is 10.2. The van der Waals surface area contributed by atoms with Crippen molar-refractivity contribution in [2.45, 2.75) is 17.3 Å². The molecule has 0 saturated carbocycles. The molecule has 0 aliphatic heterocycles. The summed E-state index contributed by atoms with van der Waals surface area (Å²) in [5.74, 6) is 0.550. The van der Waals surface area contributed by atoms with Gasteiger partial charge in [0.25, 0.3) is 0 Å². The van der Waals surface area contributed by atoms with Gasteiger partial charge in [0.15, 0.2) is 5.82 Å². The van der Waals surface area contributed by atoms with Crippen molar-refractivity contribution in [2.75, 3.05) is 5.32 Å². The number of hydrogen-bond acceptors (Lipinski definition) is 4. The Labute approximate surface area is 148 Å². The van der Waals surface area contributed by atoms with Gasteiger partial charge in [0.05, 0.1) is 5.25 Å². The van der Waals surface area contributed by atoms with E-state index in [0.717, 1.165) is 11.3 Å². The summed E-state index contributed by atoms with van der Waals surface area (Å²) in [6.07, 6.45) is 0. The fourth-order valence-electron chi connectivity index (χ4n) is 2.01. The highest BCUT2D eigenvalue weighted by Crippen LogP contribution is 2.24. The third kappa shape index (κ3) is 4.15. The van der Waals surface area contributed by atoms with Gasteiger partial charge in [-0.25, -0.2) is 4.98 Å². The fraction of sp³-hybridized carbons (Fsp3) is 0.118. The summed E-state index contributed by atoms with van der Waals surface area (Å²) in [6.45, 7) is 1.82. The van der Waals surface area contributed by atoms with E-state index in [4.69, 9.17) is 11.6 Å². The lowest BCUT2D eigenvalue weighted by molar-refractivity contribution is -0.115. The molecule has 7 heteroatoms. The number of nitrogens with one attached hydrogen (secondary N) is 2. The number of hydrogen-bond donors (Lipinski definition) is 2. The Kier molecular flexibility index (Phi) is 5.17. The predicted molar refractivity (Wildman–Crippen MR) is 97.2 cm³/mol. The lowest BCUT2D eigenvalue weighted by Gasteiger charge is -2.09. The molecule has 1 aromatic heterocycles. The number of rotatable bonds is 5. The monoisotopic (exact) mass is 358 g/mol. The van der Waals surface area contributed by atoms with Crippen LogP contribution in [-0.2, 0) is 4.79 Å². The summed E-state index contributed by atoms with van der Waals surface area (Å²) >= 11 is 7.18. The van der Waals surface area contributed by atoms with E-state index in [2.05, 4.69) is 20.5 Å². The van der Waals surface area contributed by atoms with Crippen LogP contribution in [0, 0.1) is 0 Å². The first-order chi connectivity index (χ1) is 11.6. The zero-order valence-electron chi connectivity index (χ0n) is 12.9. The van der Waals surface area contributed by atoms with Gasteiger partial charge in [-0.2, -0.15) is 0 Å². The minimum Gasteiger partial charge on any atom is -0.325 e. The van der Waals surface area contributed by atoms with E-state index in [1.807, 2.05) is 49.4 Å².